The maximum Gasteiger partial charge on any atom is 0.253 e. The zero-order valence-electron chi connectivity index (χ0n) is 23.1. The van der Waals surface area contributed by atoms with Gasteiger partial charge in [-0.3, -0.25) is 4.79 Å². The molecule has 2 aromatic carbocycles. The highest BCUT2D eigenvalue weighted by Gasteiger charge is 2.31. The molecule has 4 heterocycles. The van der Waals surface area contributed by atoms with Gasteiger partial charge in [-0.1, -0.05) is 18.2 Å². The molecule has 1 unspecified atom stereocenters. The van der Waals surface area contributed by atoms with Gasteiger partial charge in [-0.25, -0.2) is 4.98 Å². The van der Waals surface area contributed by atoms with Crippen molar-refractivity contribution in [2.24, 2.45) is 0 Å². The molecule has 8 heteroatoms. The van der Waals surface area contributed by atoms with Crippen molar-refractivity contribution in [3.8, 4) is 28.0 Å². The minimum absolute atomic E-state index is 0.0313. The van der Waals surface area contributed by atoms with Crippen LogP contribution >= 0.6 is 0 Å². The summed E-state index contributed by atoms with van der Waals surface area (Å²) in [6.07, 6.45) is 3.90. The van der Waals surface area contributed by atoms with Gasteiger partial charge in [0.05, 0.1) is 11.7 Å². The number of carbonyl (C=O) groups excluding carboxylic acids is 1. The highest BCUT2D eigenvalue weighted by atomic mass is 16.5. The standard InChI is InChI=1S/C31H36N6O2/c1-34(2)11-13-36(4)31(38)22-7-5-21(6-8-22)27-18-33-30-26(27)15-24(17-32-30)23-9-10-28-29(16-23)39-20-25-19-35(3)12-14-37(25)28/h5-10,15-18,25H,11-14,19-20H2,1-4H3,(H,32,33). The number of aromatic amines is 1. The van der Waals surface area contributed by atoms with Crippen LogP contribution < -0.4 is 9.64 Å². The molecule has 6 rings (SSSR count). The number of ether oxygens (including phenoxy) is 1. The first-order valence-corrected chi connectivity index (χ1v) is 13.6. The summed E-state index contributed by atoms with van der Waals surface area (Å²) in [7, 11) is 8.04. The van der Waals surface area contributed by atoms with Crippen LogP contribution in [0.5, 0.6) is 5.75 Å². The van der Waals surface area contributed by atoms with Crippen LogP contribution in [-0.2, 0) is 0 Å². The smallest absolute Gasteiger partial charge is 0.253 e. The fourth-order valence-corrected chi connectivity index (χ4v) is 5.57. The predicted molar refractivity (Wildman–Crippen MR) is 157 cm³/mol. The largest absolute Gasteiger partial charge is 0.489 e. The molecule has 1 N–H and O–H groups in total. The number of nitrogens with zero attached hydrogens (tertiary/aromatic N) is 5. The van der Waals surface area contributed by atoms with E-state index in [-0.39, 0.29) is 5.91 Å². The molecule has 1 saturated heterocycles. The summed E-state index contributed by atoms with van der Waals surface area (Å²) in [5.74, 6) is 0.974. The Morgan fingerprint density at radius 2 is 1.82 bits per heavy atom. The van der Waals surface area contributed by atoms with Crippen molar-refractivity contribution in [1.82, 2.24) is 24.7 Å². The van der Waals surface area contributed by atoms with Gasteiger partial charge in [-0.05, 0) is 62.6 Å². The van der Waals surface area contributed by atoms with E-state index >= 15 is 0 Å². The third kappa shape index (κ3) is 4.97. The number of rotatable bonds is 6. The van der Waals surface area contributed by atoms with Gasteiger partial charge in [-0.15, -0.1) is 0 Å². The lowest BCUT2D eigenvalue weighted by atomic mass is 10.00. The normalized spacial score (nSPS) is 17.2. The Balaban J connectivity index is 1.25. The maximum absolute atomic E-state index is 12.8. The maximum atomic E-state index is 12.8. The number of hydrogen-bond donors (Lipinski definition) is 1. The number of nitrogens with one attached hydrogen (secondary N) is 1. The zero-order valence-corrected chi connectivity index (χ0v) is 23.1. The molecule has 1 atom stereocenters. The molecule has 39 heavy (non-hydrogen) atoms. The van der Waals surface area contributed by atoms with Gasteiger partial charge < -0.3 is 29.3 Å². The molecule has 1 fully saturated rings. The van der Waals surface area contributed by atoms with Crippen LogP contribution in [0, 0.1) is 0 Å². The topological polar surface area (TPSA) is 67.9 Å². The third-order valence-corrected chi connectivity index (χ3v) is 7.92. The molecule has 8 nitrogen and oxygen atoms in total. The first kappa shape index (κ1) is 25.4. The van der Waals surface area contributed by atoms with E-state index in [1.54, 1.807) is 4.90 Å². The quantitative estimate of drug-likeness (QED) is 0.411. The van der Waals surface area contributed by atoms with Gasteiger partial charge in [-0.2, -0.15) is 0 Å². The summed E-state index contributed by atoms with van der Waals surface area (Å²) < 4.78 is 6.21. The Hall–Kier alpha value is -3.88. The summed E-state index contributed by atoms with van der Waals surface area (Å²) in [4.78, 5) is 29.6. The van der Waals surface area contributed by atoms with Crippen molar-refractivity contribution < 1.29 is 9.53 Å². The molecule has 2 aliphatic rings. The lowest BCUT2D eigenvalue weighted by Crippen LogP contribution is -2.56. The minimum atomic E-state index is 0.0313. The van der Waals surface area contributed by atoms with Gasteiger partial charge >= 0.3 is 0 Å². The zero-order chi connectivity index (χ0) is 27.1. The highest BCUT2D eigenvalue weighted by molar-refractivity contribution is 5.98. The van der Waals surface area contributed by atoms with Crippen molar-refractivity contribution >= 4 is 22.6 Å². The van der Waals surface area contributed by atoms with Gasteiger partial charge in [0, 0.05) is 74.2 Å². The van der Waals surface area contributed by atoms with Crippen molar-refractivity contribution in [2.75, 3.05) is 72.4 Å². The Labute approximate surface area is 229 Å². The Bertz CT molecular complexity index is 1490. The molecule has 0 saturated carbocycles. The summed E-state index contributed by atoms with van der Waals surface area (Å²) in [6.45, 7) is 5.35. The molecule has 2 aliphatic heterocycles. The lowest BCUT2D eigenvalue weighted by Gasteiger charge is -2.44. The number of carbonyl (C=O) groups is 1. The second-order valence-corrected chi connectivity index (χ2v) is 11.0. The molecule has 202 valence electrons. The molecule has 0 spiro atoms. The van der Waals surface area contributed by atoms with Gasteiger partial charge in [0.15, 0.2) is 0 Å². The van der Waals surface area contributed by atoms with E-state index in [1.807, 2.05) is 57.8 Å². The Morgan fingerprint density at radius 1 is 1.03 bits per heavy atom. The molecular formula is C31H36N6O2. The van der Waals surface area contributed by atoms with E-state index < -0.39 is 0 Å². The second kappa shape index (κ2) is 10.4. The van der Waals surface area contributed by atoms with Gasteiger partial charge in [0.1, 0.15) is 18.0 Å². The van der Waals surface area contributed by atoms with Gasteiger partial charge in [0.25, 0.3) is 5.91 Å². The first-order valence-electron chi connectivity index (χ1n) is 13.6. The number of amides is 1. The van der Waals surface area contributed by atoms with Crippen molar-refractivity contribution in [2.45, 2.75) is 6.04 Å². The lowest BCUT2D eigenvalue weighted by molar-refractivity contribution is 0.0786. The van der Waals surface area contributed by atoms with E-state index in [1.165, 1.54) is 5.69 Å². The molecule has 0 bridgehead atoms. The van der Waals surface area contributed by atoms with Crippen LogP contribution in [0.1, 0.15) is 10.4 Å². The third-order valence-electron chi connectivity index (χ3n) is 7.92. The number of pyridine rings is 1. The van der Waals surface area contributed by atoms with Crippen LogP contribution in [0.15, 0.2) is 60.9 Å². The van der Waals surface area contributed by atoms with E-state index in [0.29, 0.717) is 24.8 Å². The van der Waals surface area contributed by atoms with Crippen LogP contribution in [0.3, 0.4) is 0 Å². The number of piperazine rings is 1. The summed E-state index contributed by atoms with van der Waals surface area (Å²) in [5, 5.41) is 1.05. The number of hydrogen-bond acceptors (Lipinski definition) is 6. The van der Waals surface area contributed by atoms with Crippen molar-refractivity contribution in [3.05, 3.63) is 66.5 Å². The number of likely N-dealkylation sites (N-methyl/N-ethyl adjacent to an activating group) is 3. The molecule has 2 aromatic heterocycles. The number of aromatic nitrogens is 2. The number of anilines is 1. The summed E-state index contributed by atoms with van der Waals surface area (Å²) >= 11 is 0. The molecule has 1 amide bonds. The van der Waals surface area contributed by atoms with Gasteiger partial charge in [0.2, 0.25) is 0 Å². The Kier molecular flexibility index (Phi) is 6.74. The average Bonchev–Trinajstić information content (AvgIpc) is 3.38. The molecule has 0 radical (unpaired) electrons. The number of fused-ring (bicyclic) bond motifs is 4. The Morgan fingerprint density at radius 3 is 2.62 bits per heavy atom. The number of benzene rings is 2. The minimum Gasteiger partial charge on any atom is -0.489 e. The first-order chi connectivity index (χ1) is 18.9. The molecular weight excluding hydrogens is 488 g/mol. The fourth-order valence-electron chi connectivity index (χ4n) is 5.57. The van der Waals surface area contributed by atoms with E-state index in [0.717, 1.165) is 65.2 Å². The predicted octanol–water partition coefficient (Wildman–Crippen LogP) is 4.04. The number of H-pyrrole nitrogens is 1. The van der Waals surface area contributed by atoms with E-state index in [9.17, 15) is 4.79 Å². The second-order valence-electron chi connectivity index (χ2n) is 11.0. The monoisotopic (exact) mass is 524 g/mol. The summed E-state index contributed by atoms with van der Waals surface area (Å²) in [5.41, 5.74) is 6.95. The SMILES string of the molecule is CN(C)CCN(C)C(=O)c1ccc(-c2c[nH]c3ncc(-c4ccc5c(c4)OCC4CN(C)CCN54)cc23)cc1. The van der Waals surface area contributed by atoms with Crippen molar-refractivity contribution in [1.29, 1.82) is 0 Å². The molecule has 0 aliphatic carbocycles. The van der Waals surface area contributed by atoms with E-state index in [4.69, 9.17) is 9.72 Å². The summed E-state index contributed by atoms with van der Waals surface area (Å²) in [6, 6.07) is 16.9. The molecule has 4 aromatic rings. The van der Waals surface area contributed by atoms with Crippen LogP contribution in [0.25, 0.3) is 33.3 Å². The van der Waals surface area contributed by atoms with E-state index in [2.05, 4.69) is 51.0 Å². The van der Waals surface area contributed by atoms with Crippen LogP contribution in [0.2, 0.25) is 0 Å². The average molecular weight is 525 g/mol. The van der Waals surface area contributed by atoms with Crippen molar-refractivity contribution in [3.63, 3.8) is 0 Å². The van der Waals surface area contributed by atoms with Crippen LogP contribution in [-0.4, -0.2) is 104 Å². The fraction of sp³-hybridized carbons (Fsp3) is 0.355. The highest BCUT2D eigenvalue weighted by Crippen LogP contribution is 2.39. The van der Waals surface area contributed by atoms with Crippen LogP contribution in [0.4, 0.5) is 5.69 Å².